The molecule has 0 fully saturated rings. The van der Waals surface area contributed by atoms with Gasteiger partial charge in [-0.05, 0) is 29.7 Å². The molecule has 0 aliphatic carbocycles. The highest BCUT2D eigenvalue weighted by molar-refractivity contribution is 7.99. The van der Waals surface area contributed by atoms with E-state index in [4.69, 9.17) is 0 Å². The second kappa shape index (κ2) is 7.45. The molecule has 0 bridgehead atoms. The molecule has 5 heteroatoms. The first-order valence-corrected chi connectivity index (χ1v) is 8.67. The molecule has 0 saturated carbocycles. The van der Waals surface area contributed by atoms with Gasteiger partial charge in [0.15, 0.2) is 0 Å². The first-order valence-electron chi connectivity index (χ1n) is 7.85. The van der Waals surface area contributed by atoms with Crippen molar-refractivity contribution in [3.63, 3.8) is 0 Å². The Morgan fingerprint density at radius 3 is 2.62 bits per heavy atom. The maximum atomic E-state index is 11.3. The fourth-order valence-corrected chi connectivity index (χ4v) is 3.77. The molecule has 1 unspecified atom stereocenters. The Hall–Kier alpha value is -2.40. The van der Waals surface area contributed by atoms with Crippen LogP contribution < -0.4 is 0 Å². The SMILES string of the molecule is CC(C)C(c1ccncc1Sc1ccccc1)c1nccn1C=O. The van der Waals surface area contributed by atoms with Gasteiger partial charge in [-0.15, -0.1) is 0 Å². The number of imidazole rings is 1. The highest BCUT2D eigenvalue weighted by Crippen LogP contribution is 2.38. The van der Waals surface area contributed by atoms with Crippen molar-refractivity contribution in [2.24, 2.45) is 5.92 Å². The van der Waals surface area contributed by atoms with Crippen LogP contribution in [0.5, 0.6) is 0 Å². The number of nitrogens with zero attached hydrogens (tertiary/aromatic N) is 3. The Morgan fingerprint density at radius 1 is 1.12 bits per heavy atom. The summed E-state index contributed by atoms with van der Waals surface area (Å²) in [4.78, 5) is 22.3. The van der Waals surface area contributed by atoms with Crippen molar-refractivity contribution >= 4 is 18.2 Å². The highest BCUT2D eigenvalue weighted by Gasteiger charge is 2.25. The van der Waals surface area contributed by atoms with Gasteiger partial charge in [0.25, 0.3) is 0 Å². The van der Waals surface area contributed by atoms with Crippen molar-refractivity contribution in [3.8, 4) is 0 Å². The summed E-state index contributed by atoms with van der Waals surface area (Å²) in [7, 11) is 0. The van der Waals surface area contributed by atoms with Gasteiger partial charge in [0.2, 0.25) is 6.41 Å². The van der Waals surface area contributed by atoms with Crippen molar-refractivity contribution in [1.82, 2.24) is 14.5 Å². The lowest BCUT2D eigenvalue weighted by Crippen LogP contribution is -2.16. The van der Waals surface area contributed by atoms with Gasteiger partial charge in [-0.25, -0.2) is 4.98 Å². The minimum atomic E-state index is 0.0272. The van der Waals surface area contributed by atoms with E-state index in [9.17, 15) is 4.79 Å². The van der Waals surface area contributed by atoms with Gasteiger partial charge in [-0.3, -0.25) is 14.3 Å². The van der Waals surface area contributed by atoms with Gasteiger partial charge >= 0.3 is 0 Å². The maximum Gasteiger partial charge on any atom is 0.219 e. The minimum absolute atomic E-state index is 0.0272. The highest BCUT2D eigenvalue weighted by atomic mass is 32.2. The van der Waals surface area contributed by atoms with Crippen LogP contribution in [0.15, 0.2) is 71.0 Å². The van der Waals surface area contributed by atoms with E-state index in [-0.39, 0.29) is 5.92 Å². The number of rotatable bonds is 6. The van der Waals surface area contributed by atoms with Crippen LogP contribution in [-0.4, -0.2) is 20.9 Å². The zero-order chi connectivity index (χ0) is 16.9. The lowest BCUT2D eigenvalue weighted by atomic mass is 9.88. The van der Waals surface area contributed by atoms with Gasteiger partial charge in [-0.2, -0.15) is 0 Å². The summed E-state index contributed by atoms with van der Waals surface area (Å²) in [5.41, 5.74) is 1.14. The molecule has 0 saturated heterocycles. The lowest BCUT2D eigenvalue weighted by Gasteiger charge is -2.23. The number of hydrogen-bond acceptors (Lipinski definition) is 4. The van der Waals surface area contributed by atoms with Crippen LogP contribution in [-0.2, 0) is 4.79 Å². The Labute approximate surface area is 146 Å². The van der Waals surface area contributed by atoms with Crippen LogP contribution in [0.1, 0.15) is 31.2 Å². The lowest BCUT2D eigenvalue weighted by molar-refractivity contribution is 0.512. The summed E-state index contributed by atoms with van der Waals surface area (Å²) < 4.78 is 1.56. The van der Waals surface area contributed by atoms with Crippen LogP contribution in [0.4, 0.5) is 0 Å². The van der Waals surface area contributed by atoms with Crippen LogP contribution in [0, 0.1) is 5.92 Å². The van der Waals surface area contributed by atoms with E-state index in [1.165, 1.54) is 0 Å². The van der Waals surface area contributed by atoms with Crippen LogP contribution in [0.25, 0.3) is 0 Å². The molecule has 1 atom stereocenters. The first kappa shape index (κ1) is 16.5. The van der Waals surface area contributed by atoms with Crippen LogP contribution in [0.3, 0.4) is 0 Å². The van der Waals surface area contributed by atoms with Gasteiger partial charge in [0.05, 0.1) is 0 Å². The molecule has 0 spiro atoms. The standard InChI is InChI=1S/C19H19N3OS/c1-14(2)18(19-21-10-11-22(19)13-23)16-8-9-20-12-17(16)24-15-6-4-3-5-7-15/h3-14,18H,1-2H3. The van der Waals surface area contributed by atoms with E-state index in [2.05, 4.69) is 35.9 Å². The normalized spacial score (nSPS) is 12.3. The molecule has 3 rings (SSSR count). The third-order valence-corrected chi connectivity index (χ3v) is 4.95. The van der Waals surface area contributed by atoms with Crippen molar-refractivity contribution in [2.45, 2.75) is 29.6 Å². The number of aromatic nitrogens is 3. The fraction of sp³-hybridized carbons (Fsp3) is 0.211. The molecule has 4 nitrogen and oxygen atoms in total. The van der Waals surface area contributed by atoms with Crippen molar-refractivity contribution in [3.05, 3.63) is 72.6 Å². The molecule has 0 aliphatic heterocycles. The summed E-state index contributed by atoms with van der Waals surface area (Å²) in [6.45, 7) is 4.29. The molecule has 24 heavy (non-hydrogen) atoms. The topological polar surface area (TPSA) is 47.8 Å². The Morgan fingerprint density at radius 2 is 1.92 bits per heavy atom. The summed E-state index contributed by atoms with van der Waals surface area (Å²) in [6, 6.07) is 12.2. The Bertz CT molecular complexity index is 814. The number of hydrogen-bond donors (Lipinski definition) is 0. The predicted octanol–water partition coefficient (Wildman–Crippen LogP) is 4.26. The maximum absolute atomic E-state index is 11.3. The second-order valence-electron chi connectivity index (χ2n) is 5.85. The molecular formula is C19H19N3OS. The van der Waals surface area contributed by atoms with Gasteiger partial charge in [0.1, 0.15) is 5.82 Å². The predicted molar refractivity (Wildman–Crippen MR) is 95.9 cm³/mol. The molecule has 0 N–H and O–H groups in total. The average Bonchev–Trinajstić information content (AvgIpc) is 3.05. The summed E-state index contributed by atoms with van der Waals surface area (Å²) in [5.74, 6) is 1.09. The smallest absolute Gasteiger partial charge is 0.219 e. The molecule has 122 valence electrons. The first-order chi connectivity index (χ1) is 11.7. The summed E-state index contributed by atoms with van der Waals surface area (Å²) >= 11 is 1.68. The zero-order valence-corrected chi connectivity index (χ0v) is 14.5. The van der Waals surface area contributed by atoms with Crippen molar-refractivity contribution in [1.29, 1.82) is 0 Å². The largest absolute Gasteiger partial charge is 0.278 e. The van der Waals surface area contributed by atoms with Gasteiger partial charge in [-0.1, -0.05) is 43.8 Å². The van der Waals surface area contributed by atoms with E-state index < -0.39 is 0 Å². The van der Waals surface area contributed by atoms with E-state index >= 15 is 0 Å². The molecule has 0 amide bonds. The zero-order valence-electron chi connectivity index (χ0n) is 13.7. The monoisotopic (exact) mass is 337 g/mol. The van der Waals surface area contributed by atoms with Crippen LogP contribution in [0.2, 0.25) is 0 Å². The molecule has 0 radical (unpaired) electrons. The summed E-state index contributed by atoms with van der Waals surface area (Å²) in [5, 5.41) is 0. The van der Waals surface area contributed by atoms with Crippen molar-refractivity contribution < 1.29 is 4.79 Å². The third kappa shape index (κ3) is 3.41. The Balaban J connectivity index is 2.04. The van der Waals surface area contributed by atoms with Gasteiger partial charge in [0, 0.05) is 40.5 Å². The van der Waals surface area contributed by atoms with E-state index in [1.807, 2.05) is 30.5 Å². The molecule has 2 aromatic heterocycles. The minimum Gasteiger partial charge on any atom is -0.278 e. The Kier molecular flexibility index (Phi) is 5.11. The molecule has 3 aromatic rings. The van der Waals surface area contributed by atoms with Gasteiger partial charge < -0.3 is 0 Å². The third-order valence-electron chi connectivity index (χ3n) is 3.88. The second-order valence-corrected chi connectivity index (χ2v) is 6.96. The van der Waals surface area contributed by atoms with E-state index in [0.29, 0.717) is 5.92 Å². The number of pyridine rings is 1. The summed E-state index contributed by atoms with van der Waals surface area (Å²) in [6.07, 6.45) is 7.86. The average molecular weight is 337 g/mol. The number of carbonyl (C=O) groups is 1. The van der Waals surface area contributed by atoms with E-state index in [1.54, 1.807) is 34.9 Å². The molecule has 1 aromatic carbocycles. The number of carbonyl (C=O) groups excluding carboxylic acids is 1. The van der Waals surface area contributed by atoms with E-state index in [0.717, 1.165) is 27.6 Å². The number of benzene rings is 1. The molecular weight excluding hydrogens is 318 g/mol. The quantitative estimate of drug-likeness (QED) is 0.631. The van der Waals surface area contributed by atoms with Crippen LogP contribution >= 0.6 is 11.8 Å². The molecule has 2 heterocycles. The van der Waals surface area contributed by atoms with Crippen molar-refractivity contribution in [2.75, 3.05) is 0 Å². The molecule has 0 aliphatic rings. The fourth-order valence-electron chi connectivity index (χ4n) is 2.80.